The third-order valence-corrected chi connectivity index (χ3v) is 3.52. The maximum absolute atomic E-state index is 5.86. The summed E-state index contributed by atoms with van der Waals surface area (Å²) in [5, 5.41) is 3.43. The predicted octanol–water partition coefficient (Wildman–Crippen LogP) is 2.68. The molecule has 3 rings (SSSR count). The molecular formula is C14H18N2O. The highest BCUT2D eigenvalue weighted by atomic mass is 16.3. The normalized spacial score (nSPS) is 20.9. The van der Waals surface area contributed by atoms with Crippen LogP contribution in [0, 0.1) is 12.8 Å². The van der Waals surface area contributed by atoms with Crippen LogP contribution in [0.3, 0.4) is 0 Å². The summed E-state index contributed by atoms with van der Waals surface area (Å²) in [7, 11) is 0. The van der Waals surface area contributed by atoms with Gasteiger partial charge in [0.15, 0.2) is 11.5 Å². The van der Waals surface area contributed by atoms with E-state index >= 15 is 0 Å². The summed E-state index contributed by atoms with van der Waals surface area (Å²) in [5.74, 6) is 1.57. The number of oxazole rings is 1. The van der Waals surface area contributed by atoms with Crippen molar-refractivity contribution in [3.8, 4) is 0 Å². The molecule has 2 aromatic rings. The van der Waals surface area contributed by atoms with E-state index in [0.717, 1.165) is 36.5 Å². The molecule has 0 amide bonds. The molecule has 1 fully saturated rings. The van der Waals surface area contributed by atoms with Crippen LogP contribution in [-0.4, -0.2) is 18.1 Å². The number of nitrogens with zero attached hydrogens (tertiary/aromatic N) is 1. The van der Waals surface area contributed by atoms with E-state index in [2.05, 4.69) is 23.3 Å². The van der Waals surface area contributed by atoms with Crippen LogP contribution >= 0.6 is 0 Å². The lowest BCUT2D eigenvalue weighted by molar-refractivity contribution is 0.349. The molecule has 3 heteroatoms. The van der Waals surface area contributed by atoms with Gasteiger partial charge in [-0.15, -0.1) is 0 Å². The second-order valence-electron chi connectivity index (χ2n) is 4.95. The van der Waals surface area contributed by atoms with Crippen molar-refractivity contribution >= 4 is 11.1 Å². The van der Waals surface area contributed by atoms with Crippen LogP contribution in [-0.2, 0) is 6.42 Å². The quantitative estimate of drug-likeness (QED) is 0.862. The average Bonchev–Trinajstić information content (AvgIpc) is 2.74. The molecule has 0 saturated carbocycles. The fraction of sp³-hybridized carbons (Fsp3) is 0.500. The van der Waals surface area contributed by atoms with Crippen LogP contribution in [0.4, 0.5) is 0 Å². The highest BCUT2D eigenvalue weighted by Gasteiger charge is 2.17. The minimum Gasteiger partial charge on any atom is -0.440 e. The van der Waals surface area contributed by atoms with E-state index in [1.165, 1.54) is 18.4 Å². The highest BCUT2D eigenvalue weighted by Crippen LogP contribution is 2.22. The molecule has 1 N–H and O–H groups in total. The minimum atomic E-state index is 0.678. The first-order chi connectivity index (χ1) is 8.33. The number of piperidine rings is 1. The SMILES string of the molecule is Cc1cccc2nc(CC3CCCNC3)oc12. The predicted molar refractivity (Wildman–Crippen MR) is 68.0 cm³/mol. The van der Waals surface area contributed by atoms with Gasteiger partial charge < -0.3 is 9.73 Å². The number of rotatable bonds is 2. The summed E-state index contributed by atoms with van der Waals surface area (Å²) in [6.45, 7) is 4.32. The van der Waals surface area contributed by atoms with Crippen LogP contribution in [0.2, 0.25) is 0 Å². The van der Waals surface area contributed by atoms with E-state index < -0.39 is 0 Å². The van der Waals surface area contributed by atoms with Gasteiger partial charge in [0.05, 0.1) is 0 Å². The van der Waals surface area contributed by atoms with Gasteiger partial charge in [-0.25, -0.2) is 4.98 Å². The third kappa shape index (κ3) is 2.20. The van der Waals surface area contributed by atoms with Crippen LogP contribution in [0.1, 0.15) is 24.3 Å². The smallest absolute Gasteiger partial charge is 0.195 e. The van der Waals surface area contributed by atoms with Gasteiger partial charge in [-0.1, -0.05) is 12.1 Å². The molecule has 0 spiro atoms. The van der Waals surface area contributed by atoms with Crippen LogP contribution in [0.15, 0.2) is 22.6 Å². The Labute approximate surface area is 101 Å². The number of hydrogen-bond donors (Lipinski definition) is 1. The van der Waals surface area contributed by atoms with Gasteiger partial charge in [-0.3, -0.25) is 0 Å². The number of nitrogens with one attached hydrogen (secondary N) is 1. The molecule has 1 saturated heterocycles. The molecule has 1 aliphatic heterocycles. The summed E-state index contributed by atoms with van der Waals surface area (Å²) >= 11 is 0. The Kier molecular flexibility index (Phi) is 2.85. The number of aryl methyl sites for hydroxylation is 1. The molecule has 1 aliphatic rings. The summed E-state index contributed by atoms with van der Waals surface area (Å²) in [4.78, 5) is 4.57. The standard InChI is InChI=1S/C14H18N2O/c1-10-4-2-6-12-14(10)17-13(16-12)8-11-5-3-7-15-9-11/h2,4,6,11,15H,3,5,7-9H2,1H3. The van der Waals surface area contributed by atoms with Crippen molar-refractivity contribution in [2.75, 3.05) is 13.1 Å². The van der Waals surface area contributed by atoms with Gasteiger partial charge in [-0.2, -0.15) is 0 Å². The van der Waals surface area contributed by atoms with Crippen molar-refractivity contribution in [1.29, 1.82) is 0 Å². The molecule has 3 nitrogen and oxygen atoms in total. The number of aromatic nitrogens is 1. The molecule has 0 aliphatic carbocycles. The first kappa shape index (κ1) is 10.8. The summed E-state index contributed by atoms with van der Waals surface area (Å²) in [6.07, 6.45) is 3.51. The molecular weight excluding hydrogens is 212 g/mol. The maximum Gasteiger partial charge on any atom is 0.195 e. The van der Waals surface area contributed by atoms with Crippen LogP contribution < -0.4 is 5.32 Å². The Hall–Kier alpha value is -1.35. The molecule has 0 bridgehead atoms. The highest BCUT2D eigenvalue weighted by molar-refractivity contribution is 5.75. The van der Waals surface area contributed by atoms with Gasteiger partial charge in [0, 0.05) is 6.42 Å². The molecule has 17 heavy (non-hydrogen) atoms. The molecule has 1 unspecified atom stereocenters. The Bertz CT molecular complexity index is 512. The monoisotopic (exact) mass is 230 g/mol. The van der Waals surface area contributed by atoms with E-state index in [1.807, 2.05) is 12.1 Å². The molecule has 1 atom stereocenters. The second-order valence-corrected chi connectivity index (χ2v) is 4.95. The lowest BCUT2D eigenvalue weighted by Gasteiger charge is -2.21. The van der Waals surface area contributed by atoms with Gasteiger partial charge >= 0.3 is 0 Å². The van der Waals surface area contributed by atoms with Crippen LogP contribution in [0.25, 0.3) is 11.1 Å². The second kappa shape index (κ2) is 4.49. The summed E-state index contributed by atoms with van der Waals surface area (Å²) in [5.41, 5.74) is 3.11. The Morgan fingerprint density at radius 2 is 2.41 bits per heavy atom. The fourth-order valence-corrected chi connectivity index (χ4v) is 2.57. The largest absolute Gasteiger partial charge is 0.440 e. The van der Waals surface area contributed by atoms with Gasteiger partial charge in [0.1, 0.15) is 5.52 Å². The number of fused-ring (bicyclic) bond motifs is 1. The van der Waals surface area contributed by atoms with Gasteiger partial charge in [0.25, 0.3) is 0 Å². The molecule has 90 valence electrons. The molecule has 2 heterocycles. The Morgan fingerprint density at radius 3 is 3.18 bits per heavy atom. The summed E-state index contributed by atoms with van der Waals surface area (Å²) in [6, 6.07) is 6.13. The maximum atomic E-state index is 5.86. The minimum absolute atomic E-state index is 0.678. The van der Waals surface area contributed by atoms with Gasteiger partial charge in [-0.05, 0) is 50.4 Å². The third-order valence-electron chi connectivity index (χ3n) is 3.52. The first-order valence-electron chi connectivity index (χ1n) is 6.38. The van der Waals surface area contributed by atoms with Crippen LogP contribution in [0.5, 0.6) is 0 Å². The van der Waals surface area contributed by atoms with E-state index in [9.17, 15) is 0 Å². The lowest BCUT2D eigenvalue weighted by atomic mass is 9.96. The fourth-order valence-electron chi connectivity index (χ4n) is 2.57. The van der Waals surface area contributed by atoms with Crippen molar-refractivity contribution in [3.63, 3.8) is 0 Å². The first-order valence-corrected chi connectivity index (χ1v) is 6.38. The van der Waals surface area contributed by atoms with Crippen molar-refractivity contribution < 1.29 is 4.42 Å². The van der Waals surface area contributed by atoms with E-state index in [4.69, 9.17) is 4.42 Å². The number of benzene rings is 1. The zero-order chi connectivity index (χ0) is 11.7. The van der Waals surface area contributed by atoms with Crippen molar-refractivity contribution in [1.82, 2.24) is 10.3 Å². The number of para-hydroxylation sites is 1. The van der Waals surface area contributed by atoms with Crippen molar-refractivity contribution in [2.45, 2.75) is 26.2 Å². The Morgan fingerprint density at radius 1 is 1.47 bits per heavy atom. The van der Waals surface area contributed by atoms with E-state index in [0.29, 0.717) is 5.92 Å². The molecule has 1 aromatic heterocycles. The number of hydrogen-bond acceptors (Lipinski definition) is 3. The molecule has 0 radical (unpaired) electrons. The van der Waals surface area contributed by atoms with Gasteiger partial charge in [0.2, 0.25) is 0 Å². The Balaban J connectivity index is 1.83. The summed E-state index contributed by atoms with van der Waals surface area (Å²) < 4.78 is 5.86. The zero-order valence-corrected chi connectivity index (χ0v) is 10.2. The van der Waals surface area contributed by atoms with Crippen molar-refractivity contribution in [3.05, 3.63) is 29.7 Å². The zero-order valence-electron chi connectivity index (χ0n) is 10.2. The lowest BCUT2D eigenvalue weighted by Crippen LogP contribution is -2.30. The van der Waals surface area contributed by atoms with E-state index in [1.54, 1.807) is 0 Å². The molecule has 1 aromatic carbocycles. The van der Waals surface area contributed by atoms with Crippen molar-refractivity contribution in [2.24, 2.45) is 5.92 Å². The average molecular weight is 230 g/mol. The van der Waals surface area contributed by atoms with E-state index in [-0.39, 0.29) is 0 Å². The topological polar surface area (TPSA) is 38.1 Å².